The lowest BCUT2D eigenvalue weighted by atomic mass is 9.91. The Morgan fingerprint density at radius 1 is 1.06 bits per heavy atom. The van der Waals surface area contributed by atoms with Crippen molar-refractivity contribution in [3.05, 3.63) is 64.9 Å². The van der Waals surface area contributed by atoms with Crippen LogP contribution >= 0.6 is 0 Å². The van der Waals surface area contributed by atoms with E-state index in [0.717, 1.165) is 5.56 Å². The zero-order chi connectivity index (χ0) is 23.2. The first-order valence-corrected chi connectivity index (χ1v) is 10.5. The van der Waals surface area contributed by atoms with Gasteiger partial charge < -0.3 is 14.8 Å². The molecule has 2 aromatic carbocycles. The molecule has 1 aliphatic heterocycles. The Kier molecular flexibility index (Phi) is 5.59. The summed E-state index contributed by atoms with van der Waals surface area (Å²) in [5, 5.41) is 0.547. The Morgan fingerprint density at radius 2 is 1.81 bits per heavy atom. The van der Waals surface area contributed by atoms with Crippen molar-refractivity contribution in [3.63, 3.8) is 0 Å². The maximum atomic E-state index is 15.8. The van der Waals surface area contributed by atoms with E-state index in [2.05, 4.69) is 4.98 Å². The van der Waals surface area contributed by atoms with Crippen LogP contribution in [-0.4, -0.2) is 53.8 Å². The van der Waals surface area contributed by atoms with Gasteiger partial charge in [-0.2, -0.15) is 0 Å². The van der Waals surface area contributed by atoms with Gasteiger partial charge in [-0.3, -0.25) is 9.59 Å². The molecule has 7 heteroatoms. The average Bonchev–Trinajstić information content (AvgIpc) is 3.20. The summed E-state index contributed by atoms with van der Waals surface area (Å²) in [6, 6.07) is 7.84. The number of aromatic nitrogens is 1. The molecule has 0 saturated heterocycles. The third-order valence-electron chi connectivity index (χ3n) is 5.91. The van der Waals surface area contributed by atoms with Gasteiger partial charge in [-0.15, -0.1) is 0 Å². The number of hydrogen-bond donors (Lipinski definition) is 1. The zero-order valence-electron chi connectivity index (χ0n) is 18.6. The first-order chi connectivity index (χ1) is 15.2. The molecule has 4 rings (SSSR count). The van der Waals surface area contributed by atoms with E-state index >= 15 is 4.39 Å². The Balaban J connectivity index is 1.98. The number of amides is 2. The van der Waals surface area contributed by atoms with E-state index in [9.17, 15) is 14.0 Å². The number of H-pyrrole nitrogens is 1. The molecule has 0 saturated carbocycles. The molecular weight excluding hydrogens is 412 g/mol. The molecule has 2 heterocycles. The summed E-state index contributed by atoms with van der Waals surface area (Å²) in [6.45, 7) is 4.20. The summed E-state index contributed by atoms with van der Waals surface area (Å²) in [5.74, 6) is -1.17. The highest BCUT2D eigenvalue weighted by atomic mass is 19.1. The zero-order valence-corrected chi connectivity index (χ0v) is 18.6. The Morgan fingerprint density at radius 3 is 2.47 bits per heavy atom. The van der Waals surface area contributed by atoms with Crippen LogP contribution in [0.15, 0.2) is 36.4 Å². The van der Waals surface area contributed by atoms with E-state index in [0.29, 0.717) is 47.2 Å². The molecule has 0 atom stereocenters. The van der Waals surface area contributed by atoms with Crippen molar-refractivity contribution in [3.8, 4) is 11.1 Å². The molecule has 0 bridgehead atoms. The van der Waals surface area contributed by atoms with Crippen molar-refractivity contribution < 1.29 is 18.4 Å². The van der Waals surface area contributed by atoms with Gasteiger partial charge in [0, 0.05) is 45.1 Å². The van der Waals surface area contributed by atoms with Crippen LogP contribution in [0.1, 0.15) is 35.0 Å². The normalized spacial score (nSPS) is 13.9. The third-order valence-corrected chi connectivity index (χ3v) is 5.91. The molecule has 0 fully saturated rings. The van der Waals surface area contributed by atoms with Gasteiger partial charge in [-0.05, 0) is 59.9 Å². The number of carbonyl (C=O) groups excluding carboxylic acids is 2. The molecule has 0 aliphatic carbocycles. The van der Waals surface area contributed by atoms with Crippen molar-refractivity contribution in [2.75, 3.05) is 27.2 Å². The Bertz CT molecular complexity index is 1270. The van der Waals surface area contributed by atoms with E-state index in [1.54, 1.807) is 44.1 Å². The van der Waals surface area contributed by atoms with Crippen LogP contribution in [0.5, 0.6) is 0 Å². The van der Waals surface area contributed by atoms with Crippen LogP contribution in [0, 0.1) is 18.6 Å². The summed E-state index contributed by atoms with van der Waals surface area (Å²) < 4.78 is 29.5. The van der Waals surface area contributed by atoms with Crippen molar-refractivity contribution in [2.24, 2.45) is 0 Å². The van der Waals surface area contributed by atoms with Crippen LogP contribution in [0.2, 0.25) is 0 Å². The predicted molar refractivity (Wildman–Crippen MR) is 121 cm³/mol. The van der Waals surface area contributed by atoms with Gasteiger partial charge in [0.25, 0.3) is 5.91 Å². The molecule has 1 aromatic heterocycles. The van der Waals surface area contributed by atoms with Gasteiger partial charge in [0.15, 0.2) is 5.82 Å². The second-order valence-electron chi connectivity index (χ2n) is 8.37. The molecule has 0 unspecified atom stereocenters. The number of halogens is 2. The summed E-state index contributed by atoms with van der Waals surface area (Å²) in [4.78, 5) is 30.5. The van der Waals surface area contributed by atoms with Gasteiger partial charge in [0.05, 0.1) is 5.52 Å². The van der Waals surface area contributed by atoms with Gasteiger partial charge >= 0.3 is 0 Å². The van der Waals surface area contributed by atoms with Gasteiger partial charge in [0.2, 0.25) is 5.91 Å². The van der Waals surface area contributed by atoms with E-state index in [1.165, 1.54) is 24.0 Å². The van der Waals surface area contributed by atoms with Crippen LogP contribution in [0.3, 0.4) is 0 Å². The van der Waals surface area contributed by atoms with Crippen molar-refractivity contribution in [1.82, 2.24) is 14.8 Å². The quantitative estimate of drug-likeness (QED) is 0.642. The van der Waals surface area contributed by atoms with Crippen LogP contribution in [0.25, 0.3) is 27.6 Å². The number of benzene rings is 2. The molecular formula is C25H25F2N3O2. The molecule has 32 heavy (non-hydrogen) atoms. The molecule has 2 amide bonds. The van der Waals surface area contributed by atoms with Crippen LogP contribution in [-0.2, 0) is 4.79 Å². The highest BCUT2D eigenvalue weighted by Crippen LogP contribution is 2.38. The molecule has 0 spiro atoms. The monoisotopic (exact) mass is 437 g/mol. The van der Waals surface area contributed by atoms with E-state index < -0.39 is 5.82 Å². The number of nitrogens with one attached hydrogen (secondary N) is 1. The van der Waals surface area contributed by atoms with Crippen molar-refractivity contribution in [1.29, 1.82) is 0 Å². The fraction of sp³-hybridized carbons (Fsp3) is 0.280. The SMILES string of the molecule is CC(=O)N1CCC=C(c2cc(-c3ccc(F)cc3C)c3cc(C(=O)N(C)C)[nH]c3c2F)C1. The minimum Gasteiger partial charge on any atom is -0.348 e. The minimum atomic E-state index is -0.474. The maximum Gasteiger partial charge on any atom is 0.269 e. The lowest BCUT2D eigenvalue weighted by Gasteiger charge is -2.27. The van der Waals surface area contributed by atoms with Gasteiger partial charge in [-0.1, -0.05) is 12.1 Å². The largest absolute Gasteiger partial charge is 0.348 e. The molecule has 1 N–H and O–H groups in total. The number of fused-ring (bicyclic) bond motifs is 1. The predicted octanol–water partition coefficient (Wildman–Crippen LogP) is 4.76. The summed E-state index contributed by atoms with van der Waals surface area (Å²) >= 11 is 0. The van der Waals surface area contributed by atoms with Crippen LogP contribution < -0.4 is 0 Å². The highest BCUT2D eigenvalue weighted by Gasteiger charge is 2.24. The first kappa shape index (κ1) is 21.7. The molecule has 5 nitrogen and oxygen atoms in total. The van der Waals surface area contributed by atoms with Gasteiger partial charge in [0.1, 0.15) is 11.5 Å². The van der Waals surface area contributed by atoms with E-state index in [4.69, 9.17) is 0 Å². The Hall–Kier alpha value is -3.48. The summed E-state index contributed by atoms with van der Waals surface area (Å²) in [7, 11) is 3.26. The number of rotatable bonds is 3. The smallest absolute Gasteiger partial charge is 0.269 e. The van der Waals surface area contributed by atoms with Crippen molar-refractivity contribution in [2.45, 2.75) is 20.3 Å². The number of hydrogen-bond acceptors (Lipinski definition) is 2. The number of carbonyl (C=O) groups is 2. The van der Waals surface area contributed by atoms with Crippen LogP contribution in [0.4, 0.5) is 8.78 Å². The lowest BCUT2D eigenvalue weighted by molar-refractivity contribution is -0.128. The van der Waals surface area contributed by atoms with Crippen molar-refractivity contribution >= 4 is 28.3 Å². The average molecular weight is 437 g/mol. The highest BCUT2D eigenvalue weighted by molar-refractivity contribution is 6.04. The number of aromatic amines is 1. The summed E-state index contributed by atoms with van der Waals surface area (Å²) in [5.41, 5.74) is 3.71. The maximum absolute atomic E-state index is 15.8. The number of aryl methyl sites for hydroxylation is 1. The second kappa shape index (κ2) is 8.22. The van der Waals surface area contributed by atoms with Gasteiger partial charge in [-0.25, -0.2) is 8.78 Å². The molecule has 166 valence electrons. The molecule has 1 aliphatic rings. The van der Waals surface area contributed by atoms with E-state index in [-0.39, 0.29) is 28.8 Å². The summed E-state index contributed by atoms with van der Waals surface area (Å²) in [6.07, 6.45) is 2.58. The fourth-order valence-electron chi connectivity index (χ4n) is 4.21. The molecule has 0 radical (unpaired) electrons. The standard InChI is InChI=1S/C25H25F2N3O2/c1-14-10-17(26)7-8-18(14)20-11-19(16-6-5-9-30(13-16)15(2)31)23(27)24-21(20)12-22(28-24)25(32)29(3)4/h6-8,10-12,28H,5,9,13H2,1-4H3. The molecule has 3 aromatic rings. The van der Waals surface area contributed by atoms with E-state index in [1.807, 2.05) is 6.08 Å². The minimum absolute atomic E-state index is 0.0644. The number of nitrogens with zero attached hydrogens (tertiary/aromatic N) is 2. The third kappa shape index (κ3) is 3.79. The lowest BCUT2D eigenvalue weighted by Crippen LogP contribution is -2.33. The second-order valence-corrected chi connectivity index (χ2v) is 8.37. The fourth-order valence-corrected chi connectivity index (χ4v) is 4.21. The first-order valence-electron chi connectivity index (χ1n) is 10.5. The Labute approximate surface area is 185 Å². The topological polar surface area (TPSA) is 56.4 Å².